The highest BCUT2D eigenvalue weighted by molar-refractivity contribution is 5.80. The van der Waals surface area contributed by atoms with Crippen LogP contribution >= 0.6 is 0 Å². The van der Waals surface area contributed by atoms with Gasteiger partial charge in [-0.1, -0.05) is 19.1 Å². The van der Waals surface area contributed by atoms with Gasteiger partial charge in [0.1, 0.15) is 5.75 Å². The Morgan fingerprint density at radius 1 is 1.30 bits per heavy atom. The molecule has 2 rings (SSSR count). The zero-order chi connectivity index (χ0) is 17.0. The molecule has 0 heterocycles. The molecule has 0 bridgehead atoms. The van der Waals surface area contributed by atoms with Crippen molar-refractivity contribution in [2.45, 2.75) is 52.2 Å². The molecule has 5 heteroatoms. The molecule has 23 heavy (non-hydrogen) atoms. The minimum absolute atomic E-state index is 0.0118. The lowest BCUT2D eigenvalue weighted by atomic mass is 10.1. The quantitative estimate of drug-likeness (QED) is 0.800. The van der Waals surface area contributed by atoms with E-state index in [4.69, 9.17) is 9.84 Å². The number of benzene rings is 1. The summed E-state index contributed by atoms with van der Waals surface area (Å²) < 4.78 is 5.65. The van der Waals surface area contributed by atoms with Crippen LogP contribution < -0.4 is 4.74 Å². The summed E-state index contributed by atoms with van der Waals surface area (Å²) in [4.78, 5) is 25.4. The van der Waals surface area contributed by atoms with Crippen molar-refractivity contribution in [2.75, 3.05) is 6.54 Å². The first-order valence-electron chi connectivity index (χ1n) is 8.14. The van der Waals surface area contributed by atoms with Crippen LogP contribution in [0.15, 0.2) is 24.3 Å². The maximum atomic E-state index is 12.6. The van der Waals surface area contributed by atoms with Crippen LogP contribution in [-0.2, 0) is 16.0 Å². The molecule has 0 aliphatic heterocycles. The fraction of sp³-hybridized carbons (Fsp3) is 0.556. The highest BCUT2D eigenvalue weighted by Gasteiger charge is 2.34. The molecule has 1 saturated carbocycles. The Morgan fingerprint density at radius 2 is 2.00 bits per heavy atom. The number of rotatable bonds is 8. The Bertz CT molecular complexity index is 566. The number of carbonyl (C=O) groups is 2. The van der Waals surface area contributed by atoms with Crippen LogP contribution in [0.4, 0.5) is 0 Å². The molecular weight excluding hydrogens is 294 g/mol. The van der Waals surface area contributed by atoms with E-state index in [9.17, 15) is 9.59 Å². The molecule has 1 aromatic rings. The maximum absolute atomic E-state index is 12.6. The minimum atomic E-state index is -0.865. The van der Waals surface area contributed by atoms with Crippen LogP contribution in [0.2, 0.25) is 0 Å². The van der Waals surface area contributed by atoms with Crippen molar-refractivity contribution in [3.05, 3.63) is 29.8 Å². The summed E-state index contributed by atoms with van der Waals surface area (Å²) in [5.41, 5.74) is 0.891. The van der Waals surface area contributed by atoms with Crippen molar-refractivity contribution in [3.63, 3.8) is 0 Å². The first kappa shape index (κ1) is 17.3. The van der Waals surface area contributed by atoms with Gasteiger partial charge in [-0.3, -0.25) is 9.59 Å². The summed E-state index contributed by atoms with van der Waals surface area (Å²) in [6.07, 6.45) is 2.29. The number of carbonyl (C=O) groups excluding carboxylic acids is 1. The Labute approximate surface area is 137 Å². The third-order valence-electron chi connectivity index (χ3n) is 3.83. The zero-order valence-corrected chi connectivity index (χ0v) is 14.0. The molecule has 1 aliphatic rings. The third kappa shape index (κ3) is 5.27. The van der Waals surface area contributed by atoms with Crippen molar-refractivity contribution in [1.29, 1.82) is 0 Å². The van der Waals surface area contributed by atoms with Gasteiger partial charge in [-0.15, -0.1) is 0 Å². The average molecular weight is 319 g/mol. The van der Waals surface area contributed by atoms with Crippen LogP contribution in [-0.4, -0.2) is 40.6 Å². The Kier molecular flexibility index (Phi) is 5.64. The molecule has 1 unspecified atom stereocenters. The predicted molar refractivity (Wildman–Crippen MR) is 87.4 cm³/mol. The van der Waals surface area contributed by atoms with E-state index in [1.807, 2.05) is 38.1 Å². The third-order valence-corrected chi connectivity index (χ3v) is 3.83. The largest absolute Gasteiger partial charge is 0.491 e. The molecule has 1 atom stereocenters. The molecule has 1 aliphatic carbocycles. The smallest absolute Gasteiger partial charge is 0.308 e. The number of amides is 1. The second kappa shape index (κ2) is 7.49. The number of aliphatic carboxylic acids is 1. The van der Waals surface area contributed by atoms with Gasteiger partial charge in [-0.25, -0.2) is 0 Å². The van der Waals surface area contributed by atoms with Crippen molar-refractivity contribution in [3.8, 4) is 5.75 Å². The van der Waals surface area contributed by atoms with Crippen LogP contribution in [0.25, 0.3) is 0 Å². The highest BCUT2D eigenvalue weighted by atomic mass is 16.5. The van der Waals surface area contributed by atoms with Crippen molar-refractivity contribution in [2.24, 2.45) is 5.92 Å². The first-order valence-corrected chi connectivity index (χ1v) is 8.14. The molecule has 0 aromatic heterocycles. The summed E-state index contributed by atoms with van der Waals surface area (Å²) in [6, 6.07) is 7.74. The summed E-state index contributed by atoms with van der Waals surface area (Å²) in [6.45, 7) is 5.84. The lowest BCUT2D eigenvalue weighted by Crippen LogP contribution is -2.39. The lowest BCUT2D eigenvalue weighted by Gasteiger charge is -2.24. The summed E-state index contributed by atoms with van der Waals surface area (Å²) in [5, 5.41) is 9.07. The standard InChI is InChI=1S/C18H25NO4/c1-12(2)23-16-6-4-5-14(9-16)10-17(20)19(15-7-8-15)11-13(3)18(21)22/h4-6,9,12-13,15H,7-8,10-11H2,1-3H3,(H,21,22). The molecule has 5 nitrogen and oxygen atoms in total. The first-order chi connectivity index (χ1) is 10.9. The second-order valence-corrected chi connectivity index (χ2v) is 6.51. The molecule has 1 N–H and O–H groups in total. The second-order valence-electron chi connectivity index (χ2n) is 6.51. The Morgan fingerprint density at radius 3 is 2.57 bits per heavy atom. The Balaban J connectivity index is 2.02. The van der Waals surface area contributed by atoms with E-state index in [2.05, 4.69) is 0 Å². The van der Waals surface area contributed by atoms with E-state index in [0.29, 0.717) is 0 Å². The van der Waals surface area contributed by atoms with E-state index in [0.717, 1.165) is 24.2 Å². The lowest BCUT2D eigenvalue weighted by molar-refractivity contribution is -0.143. The van der Waals surface area contributed by atoms with Crippen LogP contribution in [0.3, 0.4) is 0 Å². The monoisotopic (exact) mass is 319 g/mol. The number of carboxylic acid groups (broad SMARTS) is 1. The van der Waals surface area contributed by atoms with Gasteiger partial charge in [-0.05, 0) is 44.4 Å². The fourth-order valence-corrected chi connectivity index (χ4v) is 2.49. The average Bonchev–Trinajstić information content (AvgIpc) is 3.28. The van der Waals surface area contributed by atoms with Crippen molar-refractivity contribution in [1.82, 2.24) is 4.90 Å². The summed E-state index contributed by atoms with van der Waals surface area (Å²) in [7, 11) is 0. The van der Waals surface area contributed by atoms with Crippen molar-refractivity contribution >= 4 is 11.9 Å². The van der Waals surface area contributed by atoms with Gasteiger partial charge in [0.25, 0.3) is 0 Å². The molecule has 0 saturated heterocycles. The summed E-state index contributed by atoms with van der Waals surface area (Å²) >= 11 is 0. The van der Waals surface area contributed by atoms with E-state index in [1.54, 1.807) is 11.8 Å². The number of ether oxygens (including phenoxy) is 1. The SMILES string of the molecule is CC(C)Oc1cccc(CC(=O)N(CC(C)C(=O)O)C2CC2)c1. The molecule has 1 amide bonds. The van der Waals surface area contributed by atoms with Crippen LogP contribution in [0.5, 0.6) is 5.75 Å². The molecule has 1 aromatic carbocycles. The van der Waals surface area contributed by atoms with E-state index in [1.165, 1.54) is 0 Å². The van der Waals surface area contributed by atoms with Crippen LogP contribution in [0, 0.1) is 5.92 Å². The van der Waals surface area contributed by atoms with Gasteiger partial charge in [0.05, 0.1) is 18.4 Å². The van der Waals surface area contributed by atoms with Gasteiger partial charge in [0.2, 0.25) is 5.91 Å². The van der Waals surface area contributed by atoms with E-state index in [-0.39, 0.29) is 31.0 Å². The van der Waals surface area contributed by atoms with Crippen LogP contribution in [0.1, 0.15) is 39.2 Å². The predicted octanol–water partition coefficient (Wildman–Crippen LogP) is 2.73. The number of hydrogen-bond donors (Lipinski definition) is 1. The van der Waals surface area contributed by atoms with Gasteiger partial charge in [0, 0.05) is 12.6 Å². The van der Waals surface area contributed by atoms with Gasteiger partial charge >= 0.3 is 5.97 Å². The molecule has 0 spiro atoms. The zero-order valence-electron chi connectivity index (χ0n) is 14.0. The van der Waals surface area contributed by atoms with E-state index < -0.39 is 11.9 Å². The molecular formula is C18H25NO4. The minimum Gasteiger partial charge on any atom is -0.491 e. The molecule has 126 valence electrons. The number of carboxylic acids is 1. The maximum Gasteiger partial charge on any atom is 0.308 e. The fourth-order valence-electron chi connectivity index (χ4n) is 2.49. The highest BCUT2D eigenvalue weighted by Crippen LogP contribution is 2.28. The molecule has 1 fully saturated rings. The normalized spacial score (nSPS) is 15.3. The molecule has 0 radical (unpaired) electrons. The van der Waals surface area contributed by atoms with E-state index >= 15 is 0 Å². The number of nitrogens with zero attached hydrogens (tertiary/aromatic N) is 1. The topological polar surface area (TPSA) is 66.8 Å². The van der Waals surface area contributed by atoms with Gasteiger partial charge in [0.15, 0.2) is 0 Å². The van der Waals surface area contributed by atoms with Gasteiger partial charge < -0.3 is 14.7 Å². The Hall–Kier alpha value is -2.04. The van der Waals surface area contributed by atoms with Gasteiger partial charge in [-0.2, -0.15) is 0 Å². The van der Waals surface area contributed by atoms with Crippen molar-refractivity contribution < 1.29 is 19.4 Å². The summed E-state index contributed by atoms with van der Waals surface area (Å²) in [5.74, 6) is -0.671. The number of hydrogen-bond acceptors (Lipinski definition) is 3.